The van der Waals surface area contributed by atoms with Crippen LogP contribution in [0.25, 0.3) is 166 Å². The van der Waals surface area contributed by atoms with E-state index in [1.807, 2.05) is 0 Å². The third-order valence-corrected chi connectivity index (χ3v) is 25.2. The predicted molar refractivity (Wildman–Crippen MR) is 495 cm³/mol. The van der Waals surface area contributed by atoms with E-state index in [9.17, 15) is 0 Å². The van der Waals surface area contributed by atoms with Crippen LogP contribution in [-0.4, -0.2) is 9.13 Å². The van der Waals surface area contributed by atoms with Gasteiger partial charge in [-0.2, -0.15) is 0 Å². The van der Waals surface area contributed by atoms with Crippen LogP contribution in [0.5, 0.6) is 0 Å². The fraction of sp³-hybridized carbons (Fsp3) is 0. The minimum absolute atomic E-state index is 1.06. The monoisotopic (exact) mass is 1500 g/mol. The van der Waals surface area contributed by atoms with Crippen LogP contribution in [0.2, 0.25) is 0 Å². The van der Waals surface area contributed by atoms with Gasteiger partial charge in [0.25, 0.3) is 0 Å². The zero-order valence-corrected chi connectivity index (χ0v) is 64.1. The third-order valence-electron chi connectivity index (χ3n) is 25.2. The van der Waals surface area contributed by atoms with E-state index in [0.29, 0.717) is 0 Å². The van der Waals surface area contributed by atoms with E-state index >= 15 is 0 Å². The van der Waals surface area contributed by atoms with Gasteiger partial charge in [0.05, 0.1) is 67.6 Å². The maximum atomic E-state index is 2.54. The molecule has 0 saturated heterocycles. The molecule has 2 aromatic heterocycles. The SMILES string of the molecule is c1ccc(-n2c3ccc(N4c5ccccc5-c5ccccc5-c5ccccc54)cc3c3cc(N4c5ccccc5-c5ccccc5-c5c(-c6ccc7c(c6)-c6ccccc6N(c6ccc8c9ccc(N%10c%11ccccc%11-c%11ccccc%11-c%11ccccc%11%10)cc9n(-c9ccc%10ccccc%10c9)c8c6)c6ccccc6-7)cccc54)ccc32)cc1. The normalized spacial score (nSPS) is 12.7. The van der Waals surface area contributed by atoms with Crippen molar-refractivity contribution in [2.75, 3.05) is 19.6 Å². The molecule has 6 nitrogen and oxygen atoms in total. The molecular formula is C112H70N6. The molecule has 0 spiro atoms. The molecule has 0 aliphatic carbocycles. The molecule has 0 amide bonds. The number of anilines is 12. The lowest BCUT2D eigenvalue weighted by atomic mass is 9.86. The van der Waals surface area contributed by atoms with Gasteiger partial charge in [0.1, 0.15) is 0 Å². The molecule has 118 heavy (non-hydrogen) atoms. The molecule has 0 atom stereocenters. The number of nitrogens with zero attached hydrogens (tertiary/aromatic N) is 6. The molecule has 548 valence electrons. The Kier molecular flexibility index (Phi) is 14.4. The first-order valence-corrected chi connectivity index (χ1v) is 40.7. The van der Waals surface area contributed by atoms with E-state index in [0.717, 1.165) is 140 Å². The topological polar surface area (TPSA) is 22.8 Å². The summed E-state index contributed by atoms with van der Waals surface area (Å²) >= 11 is 0. The Morgan fingerprint density at radius 1 is 0.136 bits per heavy atom. The van der Waals surface area contributed by atoms with Crippen molar-refractivity contribution in [1.82, 2.24) is 9.13 Å². The van der Waals surface area contributed by atoms with E-state index in [4.69, 9.17) is 0 Å². The zero-order valence-electron chi connectivity index (χ0n) is 64.1. The van der Waals surface area contributed by atoms with Gasteiger partial charge in [-0.15, -0.1) is 0 Å². The largest absolute Gasteiger partial charge is 0.309 e. The lowest BCUT2D eigenvalue weighted by Gasteiger charge is -2.28. The average molecular weight is 1500 g/mol. The highest BCUT2D eigenvalue weighted by atomic mass is 15.2. The molecule has 0 bridgehead atoms. The van der Waals surface area contributed by atoms with Crippen molar-refractivity contribution in [2.45, 2.75) is 0 Å². The number of benzene rings is 19. The Balaban J connectivity index is 0.656. The summed E-state index contributed by atoms with van der Waals surface area (Å²) in [5.41, 5.74) is 41.3. The van der Waals surface area contributed by atoms with Crippen molar-refractivity contribution < 1.29 is 0 Å². The van der Waals surface area contributed by atoms with Crippen molar-refractivity contribution in [3.05, 3.63) is 425 Å². The van der Waals surface area contributed by atoms with Crippen LogP contribution in [0.1, 0.15) is 0 Å². The Labute approximate surface area is 683 Å². The summed E-state index contributed by atoms with van der Waals surface area (Å²) in [6.07, 6.45) is 0. The van der Waals surface area contributed by atoms with Crippen molar-refractivity contribution in [1.29, 1.82) is 0 Å². The third kappa shape index (κ3) is 9.81. The number of para-hydroxylation sites is 8. The maximum absolute atomic E-state index is 2.54. The van der Waals surface area contributed by atoms with Crippen LogP contribution in [0, 0.1) is 0 Å². The van der Waals surface area contributed by atoms with Crippen molar-refractivity contribution >= 4 is 123 Å². The van der Waals surface area contributed by atoms with Crippen LogP contribution in [0.4, 0.5) is 68.2 Å². The van der Waals surface area contributed by atoms with Crippen LogP contribution in [0.3, 0.4) is 0 Å². The molecule has 6 heterocycles. The molecule has 4 aliphatic heterocycles. The summed E-state index contributed by atoms with van der Waals surface area (Å²) in [4.78, 5) is 10.0. The fourth-order valence-electron chi connectivity index (χ4n) is 20.2. The summed E-state index contributed by atoms with van der Waals surface area (Å²) in [7, 11) is 0. The van der Waals surface area contributed by atoms with Gasteiger partial charge in [0.15, 0.2) is 0 Å². The molecular weight excluding hydrogens is 1430 g/mol. The standard InChI is InChI=1S/C112H70N6/c1-2-29-74(30-3-1)113-107-63-58-76(114-100-45-19-12-36-87(100)81-31-6-7-32-82(81)88-37-13-20-46-101(88)114)67-98(107)99-68-77(59-64-108(99)113)117-105-50-24-16-40-91(105)85-35-10-11-43-96(85)112-80(44-26-52-109(112)117)73-54-60-86-92-41-17-23-49-104(92)116(106-51-25-18-42-93(106)97(86)66-73)79-57-62-95-94-61-56-78(69-110(94)118(111(95)70-79)75-55-53-71-27-4-5-28-72(71)65-75)115-102-47-21-14-38-89(102)83-33-8-9-34-84(83)90-39-15-22-48-103(90)115/h1-70H. The Morgan fingerprint density at radius 3 is 0.898 bits per heavy atom. The van der Waals surface area contributed by atoms with Gasteiger partial charge >= 0.3 is 0 Å². The van der Waals surface area contributed by atoms with Gasteiger partial charge in [0.2, 0.25) is 0 Å². The second-order valence-corrected chi connectivity index (χ2v) is 31.4. The highest BCUT2D eigenvalue weighted by Gasteiger charge is 2.34. The van der Waals surface area contributed by atoms with Crippen molar-refractivity contribution in [3.8, 4) is 112 Å². The second kappa shape index (κ2) is 25.9. The van der Waals surface area contributed by atoms with Gasteiger partial charge in [0, 0.05) is 100 Å². The summed E-state index contributed by atoms with van der Waals surface area (Å²) in [5.74, 6) is 0. The molecule has 0 radical (unpaired) electrons. The fourth-order valence-corrected chi connectivity index (χ4v) is 20.2. The minimum atomic E-state index is 1.06. The number of hydrogen-bond acceptors (Lipinski definition) is 4. The number of aromatic nitrogens is 2. The molecule has 4 aliphatic rings. The first-order valence-electron chi connectivity index (χ1n) is 40.7. The average Bonchev–Trinajstić information content (AvgIpc) is 1.56. The first kappa shape index (κ1) is 65.8. The molecule has 0 saturated carbocycles. The smallest absolute Gasteiger partial charge is 0.0561 e. The predicted octanol–water partition coefficient (Wildman–Crippen LogP) is 31.2. The summed E-state index contributed by atoms with van der Waals surface area (Å²) < 4.78 is 4.96. The molecule has 19 aromatic carbocycles. The Morgan fingerprint density at radius 2 is 0.449 bits per heavy atom. The highest BCUT2D eigenvalue weighted by Crippen LogP contribution is 2.59. The maximum Gasteiger partial charge on any atom is 0.0561 e. The molecule has 0 fully saturated rings. The van der Waals surface area contributed by atoms with Crippen LogP contribution in [0.15, 0.2) is 425 Å². The molecule has 25 rings (SSSR count). The van der Waals surface area contributed by atoms with Gasteiger partial charge in [-0.3, -0.25) is 0 Å². The van der Waals surface area contributed by atoms with Gasteiger partial charge < -0.3 is 28.7 Å². The van der Waals surface area contributed by atoms with Crippen molar-refractivity contribution in [3.63, 3.8) is 0 Å². The lowest BCUT2D eigenvalue weighted by molar-refractivity contribution is 1.18. The zero-order chi connectivity index (χ0) is 77.2. The highest BCUT2D eigenvalue weighted by molar-refractivity contribution is 6.17. The van der Waals surface area contributed by atoms with E-state index in [2.05, 4.69) is 453 Å². The quantitative estimate of drug-likeness (QED) is 0.159. The van der Waals surface area contributed by atoms with E-state index < -0.39 is 0 Å². The number of fused-ring (bicyclic) bond motifs is 27. The summed E-state index contributed by atoms with van der Waals surface area (Å²) in [6, 6.07) is 159. The number of rotatable bonds is 7. The van der Waals surface area contributed by atoms with Crippen LogP contribution >= 0.6 is 0 Å². The van der Waals surface area contributed by atoms with Crippen LogP contribution < -0.4 is 19.6 Å². The Hall–Kier alpha value is -15.8. The molecule has 0 unspecified atom stereocenters. The van der Waals surface area contributed by atoms with Gasteiger partial charge in [-0.25, -0.2) is 0 Å². The van der Waals surface area contributed by atoms with Crippen LogP contribution in [-0.2, 0) is 0 Å². The van der Waals surface area contributed by atoms with Gasteiger partial charge in [-0.1, -0.05) is 285 Å². The minimum Gasteiger partial charge on any atom is -0.309 e. The lowest BCUT2D eigenvalue weighted by Crippen LogP contribution is -2.11. The number of hydrogen-bond donors (Lipinski definition) is 0. The Bertz CT molecular complexity index is 7680. The van der Waals surface area contributed by atoms with E-state index in [1.54, 1.807) is 0 Å². The summed E-state index contributed by atoms with van der Waals surface area (Å²) in [5, 5.41) is 7.06. The molecule has 0 N–H and O–H groups in total. The van der Waals surface area contributed by atoms with E-state index in [-0.39, 0.29) is 0 Å². The van der Waals surface area contributed by atoms with Crippen molar-refractivity contribution in [2.24, 2.45) is 0 Å². The van der Waals surface area contributed by atoms with E-state index in [1.165, 1.54) is 93.9 Å². The van der Waals surface area contributed by atoms with Gasteiger partial charge in [-0.05, 0) is 206 Å². The first-order chi connectivity index (χ1) is 58.6. The molecule has 6 heteroatoms. The molecule has 21 aromatic rings. The second-order valence-electron chi connectivity index (χ2n) is 31.4. The summed E-state index contributed by atoms with van der Waals surface area (Å²) in [6.45, 7) is 0.